The Kier molecular flexibility index (Phi) is 6.05. The lowest BCUT2D eigenvalue weighted by molar-refractivity contribution is 0.113. The van der Waals surface area contributed by atoms with Crippen LogP contribution in [-0.2, 0) is 6.54 Å². The molecule has 1 saturated carbocycles. The van der Waals surface area contributed by atoms with Crippen LogP contribution in [0.5, 0.6) is 0 Å². The summed E-state index contributed by atoms with van der Waals surface area (Å²) in [7, 11) is 0. The molecule has 1 fully saturated rings. The normalized spacial score (nSPS) is 16.7. The maximum absolute atomic E-state index is 12.5. The van der Waals surface area contributed by atoms with E-state index in [0.29, 0.717) is 25.6 Å². The number of hydrogen-bond donors (Lipinski definition) is 2. The molecule has 0 aliphatic heterocycles. The number of urea groups is 1. The second-order valence-corrected chi connectivity index (χ2v) is 5.86. The van der Waals surface area contributed by atoms with Crippen molar-refractivity contribution in [2.45, 2.75) is 57.7 Å². The first-order valence-electron chi connectivity index (χ1n) is 7.96. The van der Waals surface area contributed by atoms with Crippen LogP contribution >= 0.6 is 0 Å². The Balaban J connectivity index is 1.98. The lowest BCUT2D eigenvalue weighted by atomic mass is 10.2. The van der Waals surface area contributed by atoms with Gasteiger partial charge in [-0.2, -0.15) is 0 Å². The molecule has 0 aromatic heterocycles. The summed E-state index contributed by atoms with van der Waals surface area (Å²) in [5.41, 5.74) is 1.09. The largest absolute Gasteiger partial charge is 0.391 e. The summed E-state index contributed by atoms with van der Waals surface area (Å²) in [5, 5.41) is 13.0. The SMILES string of the molecule is CCC(O)CN(Cc1ccccc1)C(=O)NC1CCCC1. The first-order chi connectivity index (χ1) is 10.2. The Hall–Kier alpha value is -1.55. The molecule has 4 heteroatoms. The van der Waals surface area contributed by atoms with Crippen molar-refractivity contribution in [3.8, 4) is 0 Å². The van der Waals surface area contributed by atoms with Gasteiger partial charge in [-0.05, 0) is 24.8 Å². The molecule has 1 aliphatic rings. The number of carbonyl (C=O) groups is 1. The summed E-state index contributed by atoms with van der Waals surface area (Å²) in [6.45, 7) is 2.85. The Bertz CT molecular complexity index is 430. The zero-order chi connectivity index (χ0) is 15.1. The number of rotatable bonds is 6. The molecule has 1 aromatic rings. The van der Waals surface area contributed by atoms with E-state index in [1.54, 1.807) is 4.90 Å². The second-order valence-electron chi connectivity index (χ2n) is 5.86. The van der Waals surface area contributed by atoms with Crippen molar-refractivity contribution in [2.75, 3.05) is 6.54 Å². The van der Waals surface area contributed by atoms with Gasteiger partial charge in [0.15, 0.2) is 0 Å². The fraction of sp³-hybridized carbons (Fsp3) is 0.588. The van der Waals surface area contributed by atoms with E-state index in [1.165, 1.54) is 12.8 Å². The summed E-state index contributed by atoms with van der Waals surface area (Å²) in [4.78, 5) is 14.2. The minimum Gasteiger partial charge on any atom is -0.391 e. The van der Waals surface area contributed by atoms with Gasteiger partial charge in [-0.3, -0.25) is 0 Å². The van der Waals surface area contributed by atoms with Crippen molar-refractivity contribution in [3.05, 3.63) is 35.9 Å². The maximum atomic E-state index is 12.5. The van der Waals surface area contributed by atoms with Crippen molar-refractivity contribution in [3.63, 3.8) is 0 Å². The first-order valence-corrected chi connectivity index (χ1v) is 7.96. The maximum Gasteiger partial charge on any atom is 0.318 e. The van der Waals surface area contributed by atoms with Gasteiger partial charge >= 0.3 is 6.03 Å². The summed E-state index contributed by atoms with van der Waals surface area (Å²) in [6, 6.07) is 10.2. The van der Waals surface area contributed by atoms with Crippen LogP contribution in [0.25, 0.3) is 0 Å². The second kappa shape index (κ2) is 8.03. The van der Waals surface area contributed by atoms with Crippen molar-refractivity contribution < 1.29 is 9.90 Å². The summed E-state index contributed by atoms with van der Waals surface area (Å²) < 4.78 is 0. The average Bonchev–Trinajstić information content (AvgIpc) is 3.00. The number of nitrogens with one attached hydrogen (secondary N) is 1. The van der Waals surface area contributed by atoms with Gasteiger partial charge < -0.3 is 15.3 Å². The number of aliphatic hydroxyl groups is 1. The molecule has 0 spiro atoms. The van der Waals surface area contributed by atoms with Gasteiger partial charge in [0, 0.05) is 19.1 Å². The number of carbonyl (C=O) groups excluding carboxylic acids is 1. The highest BCUT2D eigenvalue weighted by Crippen LogP contribution is 2.18. The van der Waals surface area contributed by atoms with E-state index in [-0.39, 0.29) is 6.03 Å². The molecule has 2 amide bonds. The van der Waals surface area contributed by atoms with Gasteiger partial charge in [-0.1, -0.05) is 50.1 Å². The lowest BCUT2D eigenvalue weighted by Gasteiger charge is -2.27. The minimum atomic E-state index is -0.469. The van der Waals surface area contributed by atoms with Gasteiger partial charge in [0.1, 0.15) is 0 Å². The van der Waals surface area contributed by atoms with Crippen molar-refractivity contribution in [2.24, 2.45) is 0 Å². The van der Waals surface area contributed by atoms with Gasteiger partial charge in [0.05, 0.1) is 6.10 Å². The first kappa shape index (κ1) is 15.8. The van der Waals surface area contributed by atoms with E-state index >= 15 is 0 Å². The van der Waals surface area contributed by atoms with Crippen LogP contribution < -0.4 is 5.32 Å². The Morgan fingerprint density at radius 2 is 2.00 bits per heavy atom. The molecule has 2 rings (SSSR count). The van der Waals surface area contributed by atoms with Gasteiger partial charge in [0.2, 0.25) is 0 Å². The molecule has 0 bridgehead atoms. The average molecular weight is 290 g/mol. The van der Waals surface area contributed by atoms with Crippen LogP contribution in [-0.4, -0.2) is 34.7 Å². The highest BCUT2D eigenvalue weighted by molar-refractivity contribution is 5.74. The fourth-order valence-electron chi connectivity index (χ4n) is 2.74. The molecular weight excluding hydrogens is 264 g/mol. The predicted octanol–water partition coefficient (Wildman–Crippen LogP) is 2.91. The van der Waals surface area contributed by atoms with Crippen molar-refractivity contribution in [1.29, 1.82) is 0 Å². The predicted molar refractivity (Wildman–Crippen MR) is 83.9 cm³/mol. The van der Waals surface area contributed by atoms with Gasteiger partial charge in [0.25, 0.3) is 0 Å². The molecule has 21 heavy (non-hydrogen) atoms. The highest BCUT2D eigenvalue weighted by atomic mass is 16.3. The van der Waals surface area contributed by atoms with Crippen LogP contribution in [0.4, 0.5) is 4.79 Å². The summed E-state index contributed by atoms with van der Waals surface area (Å²) in [5.74, 6) is 0. The Morgan fingerprint density at radius 3 is 2.62 bits per heavy atom. The third kappa shape index (κ3) is 5.05. The topological polar surface area (TPSA) is 52.6 Å². The molecular formula is C17H26N2O2. The number of hydrogen-bond acceptors (Lipinski definition) is 2. The van der Waals surface area contributed by atoms with Crippen molar-refractivity contribution >= 4 is 6.03 Å². The fourth-order valence-corrected chi connectivity index (χ4v) is 2.74. The van der Waals surface area contributed by atoms with E-state index in [0.717, 1.165) is 18.4 Å². The van der Waals surface area contributed by atoms with Gasteiger partial charge in [-0.25, -0.2) is 4.79 Å². The molecule has 1 atom stereocenters. The van der Waals surface area contributed by atoms with Crippen LogP contribution in [0.1, 0.15) is 44.6 Å². The summed E-state index contributed by atoms with van der Waals surface area (Å²) in [6.07, 6.45) is 4.72. The van der Waals surface area contributed by atoms with Gasteiger partial charge in [-0.15, -0.1) is 0 Å². The molecule has 1 unspecified atom stereocenters. The third-order valence-corrected chi connectivity index (χ3v) is 4.09. The van der Waals surface area contributed by atoms with E-state index in [9.17, 15) is 9.90 Å². The smallest absolute Gasteiger partial charge is 0.318 e. The standard InChI is InChI=1S/C17H26N2O2/c1-2-16(20)13-19(12-14-8-4-3-5-9-14)17(21)18-15-10-6-7-11-15/h3-5,8-9,15-16,20H,2,6-7,10-13H2,1H3,(H,18,21). The lowest BCUT2D eigenvalue weighted by Crippen LogP contribution is -2.46. The zero-order valence-corrected chi connectivity index (χ0v) is 12.8. The number of benzene rings is 1. The molecule has 2 N–H and O–H groups in total. The molecule has 116 valence electrons. The monoisotopic (exact) mass is 290 g/mol. The van der Waals surface area contributed by atoms with Crippen LogP contribution in [0.3, 0.4) is 0 Å². The quantitative estimate of drug-likeness (QED) is 0.846. The minimum absolute atomic E-state index is 0.0572. The van der Waals surface area contributed by atoms with E-state index in [4.69, 9.17) is 0 Å². The Morgan fingerprint density at radius 1 is 1.33 bits per heavy atom. The number of aliphatic hydroxyl groups excluding tert-OH is 1. The number of amides is 2. The Labute approximate surface area is 127 Å². The molecule has 1 aliphatic carbocycles. The molecule has 0 saturated heterocycles. The van der Waals surface area contributed by atoms with E-state index in [2.05, 4.69) is 5.32 Å². The number of nitrogens with zero attached hydrogens (tertiary/aromatic N) is 1. The third-order valence-electron chi connectivity index (χ3n) is 4.09. The van der Waals surface area contributed by atoms with E-state index in [1.807, 2.05) is 37.3 Å². The van der Waals surface area contributed by atoms with Crippen molar-refractivity contribution in [1.82, 2.24) is 10.2 Å². The zero-order valence-electron chi connectivity index (χ0n) is 12.8. The summed E-state index contributed by atoms with van der Waals surface area (Å²) >= 11 is 0. The molecule has 1 aromatic carbocycles. The molecule has 0 radical (unpaired) electrons. The van der Waals surface area contributed by atoms with Crippen LogP contribution in [0.15, 0.2) is 30.3 Å². The molecule has 4 nitrogen and oxygen atoms in total. The molecule has 0 heterocycles. The van der Waals surface area contributed by atoms with Crippen LogP contribution in [0.2, 0.25) is 0 Å². The van der Waals surface area contributed by atoms with Crippen LogP contribution in [0, 0.1) is 0 Å². The van der Waals surface area contributed by atoms with E-state index < -0.39 is 6.10 Å². The highest BCUT2D eigenvalue weighted by Gasteiger charge is 2.22.